The molecule has 1 aliphatic rings. The lowest BCUT2D eigenvalue weighted by atomic mass is 9.99. The number of hydrogen-bond acceptors (Lipinski definition) is 3. The smallest absolute Gasteiger partial charge is 0.279 e. The fourth-order valence-electron chi connectivity index (χ4n) is 2.15. The van der Waals surface area contributed by atoms with Crippen LogP contribution in [-0.2, 0) is 10.2 Å². The minimum absolute atomic E-state index is 0.110. The van der Waals surface area contributed by atoms with Crippen LogP contribution in [0.3, 0.4) is 0 Å². The van der Waals surface area contributed by atoms with Crippen molar-refractivity contribution in [1.82, 2.24) is 9.03 Å². The molecular weight excluding hydrogens is 226 g/mol. The molecule has 1 rings (SSSR count). The molecule has 16 heavy (non-hydrogen) atoms. The van der Waals surface area contributed by atoms with Crippen molar-refractivity contribution in [2.24, 2.45) is 11.7 Å². The van der Waals surface area contributed by atoms with E-state index in [1.165, 1.54) is 17.1 Å². The standard InChI is InChI=1S/C10H23N3O2S/c1-3-13(2)16(14,15)12-10(8-11)9-6-4-5-7-9/h9-10,12H,3-8,11H2,1-2H3. The molecule has 96 valence electrons. The molecule has 0 saturated heterocycles. The molecule has 0 amide bonds. The third kappa shape index (κ3) is 3.41. The Hall–Kier alpha value is -0.170. The molecule has 5 nitrogen and oxygen atoms in total. The Kier molecular flexibility index (Phi) is 5.17. The van der Waals surface area contributed by atoms with Crippen LogP contribution in [0.1, 0.15) is 32.6 Å². The maximum absolute atomic E-state index is 11.8. The van der Waals surface area contributed by atoms with Crippen molar-refractivity contribution >= 4 is 10.2 Å². The summed E-state index contributed by atoms with van der Waals surface area (Å²) in [5.41, 5.74) is 5.66. The summed E-state index contributed by atoms with van der Waals surface area (Å²) in [6, 6.07) is -0.110. The Morgan fingerprint density at radius 1 is 1.44 bits per heavy atom. The molecule has 6 heteroatoms. The van der Waals surface area contributed by atoms with Crippen molar-refractivity contribution in [3.8, 4) is 0 Å². The van der Waals surface area contributed by atoms with Crippen LogP contribution in [0.5, 0.6) is 0 Å². The van der Waals surface area contributed by atoms with Gasteiger partial charge in [0.15, 0.2) is 0 Å². The predicted molar refractivity (Wildman–Crippen MR) is 65.2 cm³/mol. The summed E-state index contributed by atoms with van der Waals surface area (Å²) in [6.07, 6.45) is 4.54. The van der Waals surface area contributed by atoms with Gasteiger partial charge in [-0.05, 0) is 18.8 Å². The molecule has 0 aromatic rings. The first-order chi connectivity index (χ1) is 7.51. The Bertz CT molecular complexity index is 299. The number of nitrogens with two attached hydrogens (primary N) is 1. The van der Waals surface area contributed by atoms with Gasteiger partial charge >= 0.3 is 0 Å². The van der Waals surface area contributed by atoms with Crippen molar-refractivity contribution < 1.29 is 8.42 Å². The van der Waals surface area contributed by atoms with Crippen LogP contribution in [0.4, 0.5) is 0 Å². The molecule has 1 unspecified atom stereocenters. The summed E-state index contributed by atoms with van der Waals surface area (Å²) >= 11 is 0. The molecule has 0 aromatic heterocycles. The van der Waals surface area contributed by atoms with Gasteiger partial charge in [-0.2, -0.15) is 17.4 Å². The highest BCUT2D eigenvalue weighted by Gasteiger charge is 2.28. The fourth-order valence-corrected chi connectivity index (χ4v) is 3.34. The average molecular weight is 249 g/mol. The summed E-state index contributed by atoms with van der Waals surface area (Å²) in [4.78, 5) is 0. The van der Waals surface area contributed by atoms with Crippen molar-refractivity contribution in [2.45, 2.75) is 38.6 Å². The summed E-state index contributed by atoms with van der Waals surface area (Å²) in [5, 5.41) is 0. The Labute approximate surface area is 98.6 Å². The zero-order valence-corrected chi connectivity index (χ0v) is 11.0. The second-order valence-corrected chi connectivity index (χ2v) is 6.23. The van der Waals surface area contributed by atoms with Crippen LogP contribution in [-0.4, -0.2) is 38.9 Å². The normalized spacial score (nSPS) is 20.5. The maximum atomic E-state index is 11.8. The van der Waals surface area contributed by atoms with Gasteiger partial charge in [0.2, 0.25) is 0 Å². The second-order valence-electron chi connectivity index (χ2n) is 4.42. The molecule has 1 atom stereocenters. The Morgan fingerprint density at radius 2 is 2.00 bits per heavy atom. The summed E-state index contributed by atoms with van der Waals surface area (Å²) < 4.78 is 27.7. The molecular formula is C10H23N3O2S. The van der Waals surface area contributed by atoms with Gasteiger partial charge in [-0.25, -0.2) is 0 Å². The van der Waals surface area contributed by atoms with Gasteiger partial charge in [-0.15, -0.1) is 0 Å². The molecule has 0 radical (unpaired) electrons. The van der Waals surface area contributed by atoms with Crippen LogP contribution >= 0.6 is 0 Å². The van der Waals surface area contributed by atoms with Gasteiger partial charge < -0.3 is 5.73 Å². The van der Waals surface area contributed by atoms with E-state index < -0.39 is 10.2 Å². The topological polar surface area (TPSA) is 75.4 Å². The fraction of sp³-hybridized carbons (Fsp3) is 1.00. The molecule has 0 spiro atoms. The zero-order chi connectivity index (χ0) is 12.2. The minimum Gasteiger partial charge on any atom is -0.329 e. The summed E-state index contributed by atoms with van der Waals surface area (Å²) in [7, 11) is -1.78. The van der Waals surface area contributed by atoms with Gasteiger partial charge in [0.05, 0.1) is 0 Å². The molecule has 1 aliphatic carbocycles. The predicted octanol–water partition coefficient (Wildman–Crippen LogP) is 0.290. The zero-order valence-electron chi connectivity index (χ0n) is 10.1. The number of nitrogens with one attached hydrogen (secondary N) is 1. The van der Waals surface area contributed by atoms with Gasteiger partial charge in [-0.3, -0.25) is 0 Å². The average Bonchev–Trinajstić information content (AvgIpc) is 2.78. The van der Waals surface area contributed by atoms with Gasteiger partial charge in [0.25, 0.3) is 10.2 Å². The highest BCUT2D eigenvalue weighted by molar-refractivity contribution is 7.87. The summed E-state index contributed by atoms with van der Waals surface area (Å²) in [6.45, 7) is 2.66. The highest BCUT2D eigenvalue weighted by atomic mass is 32.2. The maximum Gasteiger partial charge on any atom is 0.279 e. The Morgan fingerprint density at radius 3 is 2.44 bits per heavy atom. The highest BCUT2D eigenvalue weighted by Crippen LogP contribution is 2.27. The van der Waals surface area contributed by atoms with E-state index in [0.29, 0.717) is 19.0 Å². The van der Waals surface area contributed by atoms with E-state index in [2.05, 4.69) is 4.72 Å². The van der Waals surface area contributed by atoms with Crippen LogP contribution in [0.25, 0.3) is 0 Å². The Balaban J connectivity index is 2.62. The van der Waals surface area contributed by atoms with Crippen LogP contribution < -0.4 is 10.5 Å². The molecule has 3 N–H and O–H groups in total. The molecule has 0 aliphatic heterocycles. The van der Waals surface area contributed by atoms with E-state index in [-0.39, 0.29) is 6.04 Å². The molecule has 0 heterocycles. The lowest BCUT2D eigenvalue weighted by molar-refractivity contribution is 0.388. The SMILES string of the molecule is CCN(C)S(=O)(=O)NC(CN)C1CCCC1. The van der Waals surface area contributed by atoms with Crippen molar-refractivity contribution in [3.05, 3.63) is 0 Å². The van der Waals surface area contributed by atoms with E-state index in [0.717, 1.165) is 12.8 Å². The van der Waals surface area contributed by atoms with E-state index >= 15 is 0 Å². The summed E-state index contributed by atoms with van der Waals surface area (Å²) in [5.74, 6) is 0.407. The lowest BCUT2D eigenvalue weighted by Crippen LogP contribution is -2.49. The lowest BCUT2D eigenvalue weighted by Gasteiger charge is -2.25. The first-order valence-electron chi connectivity index (χ1n) is 5.95. The van der Waals surface area contributed by atoms with Crippen molar-refractivity contribution in [1.29, 1.82) is 0 Å². The number of hydrogen-bond donors (Lipinski definition) is 2. The van der Waals surface area contributed by atoms with Crippen LogP contribution in [0, 0.1) is 5.92 Å². The third-order valence-corrected chi connectivity index (χ3v) is 5.06. The minimum atomic E-state index is -3.36. The number of rotatable bonds is 6. The second kappa shape index (κ2) is 5.95. The van der Waals surface area contributed by atoms with E-state index in [4.69, 9.17) is 5.73 Å². The van der Waals surface area contributed by atoms with Gasteiger partial charge in [0, 0.05) is 26.2 Å². The van der Waals surface area contributed by atoms with Crippen LogP contribution in [0.15, 0.2) is 0 Å². The van der Waals surface area contributed by atoms with E-state index in [1.807, 2.05) is 6.92 Å². The van der Waals surface area contributed by atoms with Gasteiger partial charge in [0.1, 0.15) is 0 Å². The first-order valence-corrected chi connectivity index (χ1v) is 7.39. The van der Waals surface area contributed by atoms with Crippen LogP contribution in [0.2, 0.25) is 0 Å². The largest absolute Gasteiger partial charge is 0.329 e. The monoisotopic (exact) mass is 249 g/mol. The van der Waals surface area contributed by atoms with E-state index in [9.17, 15) is 8.42 Å². The molecule has 0 bridgehead atoms. The quantitative estimate of drug-likeness (QED) is 0.710. The molecule has 1 saturated carbocycles. The van der Waals surface area contributed by atoms with E-state index in [1.54, 1.807) is 7.05 Å². The van der Waals surface area contributed by atoms with Crippen molar-refractivity contribution in [2.75, 3.05) is 20.1 Å². The molecule has 0 aromatic carbocycles. The van der Waals surface area contributed by atoms with Gasteiger partial charge in [-0.1, -0.05) is 19.8 Å². The molecule has 1 fully saturated rings. The van der Waals surface area contributed by atoms with Crippen molar-refractivity contribution in [3.63, 3.8) is 0 Å². The first kappa shape index (κ1) is 13.9. The number of nitrogens with zero attached hydrogens (tertiary/aromatic N) is 1. The third-order valence-electron chi connectivity index (χ3n) is 3.38.